The molecule has 2 aromatic carbocycles. The number of nitrogens with zero attached hydrogens (tertiary/aromatic N) is 2. The minimum absolute atomic E-state index is 0.161. The number of carboxylic acid groups (broad SMARTS) is 1. The smallest absolute Gasteiger partial charge is 0.328 e. The standard InChI is InChI=1S/C25H26N2O6/c1-2-16-33-20-10-8-19(9-11-20)27-23(29)17-21(25(27)32)26(22(28)12-13-24(30)31)15-14-18-6-4-3-5-7-18/h3-13,21H,2,14-17H2,1H3,(H,30,31). The van der Waals surface area contributed by atoms with Gasteiger partial charge in [-0.05, 0) is 42.7 Å². The van der Waals surface area contributed by atoms with Gasteiger partial charge in [0.25, 0.3) is 5.91 Å². The van der Waals surface area contributed by atoms with Crippen LogP contribution in [0.1, 0.15) is 25.3 Å². The third-order valence-electron chi connectivity index (χ3n) is 5.20. The molecule has 1 heterocycles. The number of carboxylic acids is 1. The molecule has 1 unspecified atom stereocenters. The van der Waals surface area contributed by atoms with Crippen molar-refractivity contribution in [2.45, 2.75) is 32.2 Å². The molecule has 1 saturated heterocycles. The highest BCUT2D eigenvalue weighted by molar-refractivity contribution is 6.23. The Bertz CT molecular complexity index is 1030. The van der Waals surface area contributed by atoms with E-state index in [4.69, 9.17) is 9.84 Å². The first kappa shape index (κ1) is 23.7. The highest BCUT2D eigenvalue weighted by atomic mass is 16.5. The Balaban J connectivity index is 1.80. The number of aliphatic carboxylic acids is 1. The third-order valence-corrected chi connectivity index (χ3v) is 5.20. The fourth-order valence-corrected chi connectivity index (χ4v) is 3.59. The molecule has 0 bridgehead atoms. The molecule has 1 aliphatic rings. The Labute approximate surface area is 192 Å². The number of carbonyl (C=O) groups is 4. The summed E-state index contributed by atoms with van der Waals surface area (Å²) in [5.74, 6) is -2.22. The van der Waals surface area contributed by atoms with Gasteiger partial charge in [0.2, 0.25) is 11.8 Å². The van der Waals surface area contributed by atoms with E-state index in [1.54, 1.807) is 24.3 Å². The van der Waals surface area contributed by atoms with Gasteiger partial charge in [0.15, 0.2) is 0 Å². The summed E-state index contributed by atoms with van der Waals surface area (Å²) < 4.78 is 5.54. The van der Waals surface area contributed by atoms with E-state index in [0.29, 0.717) is 24.5 Å². The molecule has 0 aromatic heterocycles. The SMILES string of the molecule is CCCOc1ccc(N2C(=O)CC(N(CCc3ccccc3)C(=O)C=CC(=O)O)C2=O)cc1. The van der Waals surface area contributed by atoms with Gasteiger partial charge < -0.3 is 14.7 Å². The summed E-state index contributed by atoms with van der Waals surface area (Å²) in [7, 11) is 0. The summed E-state index contributed by atoms with van der Waals surface area (Å²) in [5, 5.41) is 8.88. The second-order valence-electron chi connectivity index (χ2n) is 7.57. The van der Waals surface area contributed by atoms with Gasteiger partial charge in [-0.25, -0.2) is 9.69 Å². The molecule has 172 valence electrons. The number of hydrogen-bond acceptors (Lipinski definition) is 5. The van der Waals surface area contributed by atoms with E-state index >= 15 is 0 Å². The van der Waals surface area contributed by atoms with Crippen LogP contribution in [-0.4, -0.2) is 52.9 Å². The molecule has 0 saturated carbocycles. The van der Waals surface area contributed by atoms with Crippen LogP contribution < -0.4 is 9.64 Å². The van der Waals surface area contributed by atoms with Crippen molar-refractivity contribution in [2.75, 3.05) is 18.1 Å². The maximum Gasteiger partial charge on any atom is 0.328 e. The summed E-state index contributed by atoms with van der Waals surface area (Å²) in [6, 6.07) is 15.0. The van der Waals surface area contributed by atoms with Crippen LogP contribution >= 0.6 is 0 Å². The number of hydrogen-bond donors (Lipinski definition) is 1. The first-order valence-corrected chi connectivity index (χ1v) is 10.8. The van der Waals surface area contributed by atoms with Gasteiger partial charge >= 0.3 is 5.97 Å². The molecular weight excluding hydrogens is 424 g/mol. The molecule has 0 aliphatic carbocycles. The Hall–Kier alpha value is -3.94. The molecule has 33 heavy (non-hydrogen) atoms. The van der Waals surface area contributed by atoms with E-state index in [1.165, 1.54) is 4.90 Å². The molecule has 1 aliphatic heterocycles. The molecule has 8 heteroatoms. The van der Waals surface area contributed by atoms with Gasteiger partial charge in [-0.2, -0.15) is 0 Å². The molecule has 0 radical (unpaired) electrons. The van der Waals surface area contributed by atoms with Crippen molar-refractivity contribution in [1.29, 1.82) is 0 Å². The van der Waals surface area contributed by atoms with Crippen LogP contribution in [-0.2, 0) is 25.6 Å². The predicted molar refractivity (Wildman–Crippen MR) is 122 cm³/mol. The number of rotatable bonds is 10. The van der Waals surface area contributed by atoms with Crippen molar-refractivity contribution in [3.8, 4) is 5.75 Å². The molecule has 2 aromatic rings. The predicted octanol–water partition coefficient (Wildman–Crippen LogP) is 2.82. The molecule has 1 N–H and O–H groups in total. The van der Waals surface area contributed by atoms with Crippen molar-refractivity contribution in [3.05, 3.63) is 72.3 Å². The van der Waals surface area contributed by atoms with Gasteiger partial charge in [-0.3, -0.25) is 14.4 Å². The number of amides is 3. The maximum absolute atomic E-state index is 13.2. The second-order valence-corrected chi connectivity index (χ2v) is 7.57. The van der Waals surface area contributed by atoms with Gasteiger partial charge in [0.05, 0.1) is 18.7 Å². The molecule has 3 amide bonds. The highest BCUT2D eigenvalue weighted by Gasteiger charge is 2.43. The lowest BCUT2D eigenvalue weighted by atomic mass is 10.1. The van der Waals surface area contributed by atoms with Crippen LogP contribution in [0.5, 0.6) is 5.75 Å². The van der Waals surface area contributed by atoms with Crippen LogP contribution in [0.2, 0.25) is 0 Å². The van der Waals surface area contributed by atoms with Crippen molar-refractivity contribution in [1.82, 2.24) is 4.90 Å². The minimum Gasteiger partial charge on any atom is -0.494 e. The lowest BCUT2D eigenvalue weighted by Gasteiger charge is -2.26. The van der Waals surface area contributed by atoms with Crippen LogP contribution in [0.3, 0.4) is 0 Å². The Morgan fingerprint density at radius 1 is 1.09 bits per heavy atom. The lowest BCUT2D eigenvalue weighted by Crippen LogP contribution is -2.45. The Morgan fingerprint density at radius 3 is 2.42 bits per heavy atom. The highest BCUT2D eigenvalue weighted by Crippen LogP contribution is 2.28. The summed E-state index contributed by atoms with van der Waals surface area (Å²) in [5.41, 5.74) is 1.35. The van der Waals surface area contributed by atoms with E-state index in [2.05, 4.69) is 0 Å². The average Bonchev–Trinajstić information content (AvgIpc) is 3.11. The Morgan fingerprint density at radius 2 is 1.79 bits per heavy atom. The Kier molecular flexibility index (Phi) is 7.96. The first-order chi connectivity index (χ1) is 15.9. The molecule has 0 spiro atoms. The van der Waals surface area contributed by atoms with Crippen LogP contribution in [0.15, 0.2) is 66.7 Å². The van der Waals surface area contributed by atoms with Gasteiger partial charge in [-0.1, -0.05) is 37.3 Å². The summed E-state index contributed by atoms with van der Waals surface area (Å²) >= 11 is 0. The largest absolute Gasteiger partial charge is 0.494 e. The fraction of sp³-hybridized carbons (Fsp3) is 0.280. The quantitative estimate of drug-likeness (QED) is 0.441. The summed E-state index contributed by atoms with van der Waals surface area (Å²) in [6.07, 6.45) is 2.78. The van der Waals surface area contributed by atoms with Crippen molar-refractivity contribution >= 4 is 29.4 Å². The number of imide groups is 1. The molecule has 1 atom stereocenters. The molecule has 3 rings (SSSR count). The summed E-state index contributed by atoms with van der Waals surface area (Å²) in [6.45, 7) is 2.71. The average molecular weight is 450 g/mol. The van der Waals surface area contributed by atoms with E-state index in [-0.39, 0.29) is 13.0 Å². The number of ether oxygens (including phenoxy) is 1. The van der Waals surface area contributed by atoms with Crippen LogP contribution in [0.25, 0.3) is 0 Å². The maximum atomic E-state index is 13.2. The minimum atomic E-state index is -1.27. The first-order valence-electron chi connectivity index (χ1n) is 10.8. The molecule has 8 nitrogen and oxygen atoms in total. The topological polar surface area (TPSA) is 104 Å². The third kappa shape index (κ3) is 6.06. The normalized spacial score (nSPS) is 15.8. The van der Waals surface area contributed by atoms with Gasteiger partial charge in [0.1, 0.15) is 11.8 Å². The van der Waals surface area contributed by atoms with Crippen molar-refractivity contribution in [3.63, 3.8) is 0 Å². The van der Waals surface area contributed by atoms with Gasteiger partial charge in [0, 0.05) is 18.7 Å². The second kappa shape index (κ2) is 11.1. The van der Waals surface area contributed by atoms with E-state index in [1.807, 2.05) is 37.3 Å². The zero-order chi connectivity index (χ0) is 23.8. The van der Waals surface area contributed by atoms with Crippen LogP contribution in [0, 0.1) is 0 Å². The fourth-order valence-electron chi connectivity index (χ4n) is 3.59. The van der Waals surface area contributed by atoms with E-state index in [0.717, 1.165) is 29.0 Å². The monoisotopic (exact) mass is 450 g/mol. The lowest BCUT2D eigenvalue weighted by molar-refractivity contribution is -0.135. The number of carbonyl (C=O) groups excluding carboxylic acids is 3. The molecular formula is C25H26N2O6. The zero-order valence-corrected chi connectivity index (χ0v) is 18.3. The summed E-state index contributed by atoms with van der Waals surface area (Å²) in [4.78, 5) is 51.9. The zero-order valence-electron chi connectivity index (χ0n) is 18.3. The van der Waals surface area contributed by atoms with Crippen LogP contribution in [0.4, 0.5) is 5.69 Å². The molecule has 1 fully saturated rings. The van der Waals surface area contributed by atoms with Crippen molar-refractivity contribution < 1.29 is 29.0 Å². The van der Waals surface area contributed by atoms with Crippen molar-refractivity contribution in [2.24, 2.45) is 0 Å². The number of anilines is 1. The van der Waals surface area contributed by atoms with E-state index in [9.17, 15) is 19.2 Å². The van der Waals surface area contributed by atoms with Gasteiger partial charge in [-0.15, -0.1) is 0 Å². The number of benzene rings is 2. The van der Waals surface area contributed by atoms with E-state index < -0.39 is 29.7 Å².